The molecule has 0 N–H and O–H groups in total. The van der Waals surface area contributed by atoms with Gasteiger partial charge >= 0.3 is 0 Å². The van der Waals surface area contributed by atoms with Crippen molar-refractivity contribution in [1.29, 1.82) is 0 Å². The molecule has 0 aliphatic rings. The summed E-state index contributed by atoms with van der Waals surface area (Å²) in [5.74, 6) is 1.00. The molecule has 0 aromatic heterocycles. The molecule has 0 saturated carbocycles. The first-order chi connectivity index (χ1) is 10.1. The standard InChI is InChI=1S/C9H12.C5H12.C4H10.C3H6O/c1-7-4-8(2)6-9(3)5-7;1-3-5-4-2;1-4(2)3;1-3(2)4/h4-6H,1-3H3;3-5H2,1-2H3;4H,1-3H3;1-2H3. The highest BCUT2D eigenvalue weighted by molar-refractivity contribution is 5.72. The van der Waals surface area contributed by atoms with Gasteiger partial charge in [-0.15, -0.1) is 0 Å². The molecule has 0 saturated heterocycles. The molecule has 0 heterocycles. The van der Waals surface area contributed by atoms with Gasteiger partial charge in [0.2, 0.25) is 0 Å². The molecule has 1 aromatic carbocycles. The fourth-order valence-corrected chi connectivity index (χ4v) is 1.56. The first-order valence-electron chi connectivity index (χ1n) is 8.58. The SMILES string of the molecule is CC(C)=O.CC(C)C.CCCCC.Cc1cc(C)cc(C)c1. The minimum Gasteiger partial charge on any atom is -0.300 e. The van der Waals surface area contributed by atoms with Crippen molar-refractivity contribution in [2.45, 2.75) is 88.5 Å². The molecule has 0 aliphatic carbocycles. The van der Waals surface area contributed by atoms with E-state index >= 15 is 0 Å². The van der Waals surface area contributed by atoms with Crippen molar-refractivity contribution in [2.24, 2.45) is 5.92 Å². The Bertz CT molecular complexity index is 305. The summed E-state index contributed by atoms with van der Waals surface area (Å²) in [5.41, 5.74) is 4.06. The molecule has 1 aromatic rings. The third kappa shape index (κ3) is 36.4. The van der Waals surface area contributed by atoms with Crippen molar-refractivity contribution in [3.8, 4) is 0 Å². The number of rotatable bonds is 2. The van der Waals surface area contributed by atoms with Crippen LogP contribution in [-0.2, 0) is 4.79 Å². The first kappa shape index (κ1) is 25.8. The van der Waals surface area contributed by atoms with Gasteiger partial charge in [0, 0.05) is 0 Å². The molecule has 0 unspecified atom stereocenters. The van der Waals surface area contributed by atoms with Gasteiger partial charge in [-0.25, -0.2) is 0 Å². The Morgan fingerprint density at radius 2 is 1.00 bits per heavy atom. The van der Waals surface area contributed by atoms with Gasteiger partial charge in [0.05, 0.1) is 0 Å². The number of hydrogen-bond donors (Lipinski definition) is 0. The van der Waals surface area contributed by atoms with E-state index in [1.807, 2.05) is 0 Å². The zero-order valence-electron chi connectivity index (χ0n) is 16.8. The second kappa shape index (κ2) is 17.9. The maximum atomic E-state index is 9.44. The second-order valence-corrected chi connectivity index (χ2v) is 6.66. The van der Waals surface area contributed by atoms with Gasteiger partial charge in [-0.05, 0) is 40.5 Å². The van der Waals surface area contributed by atoms with Crippen LogP contribution in [0.25, 0.3) is 0 Å². The highest BCUT2D eigenvalue weighted by atomic mass is 16.1. The predicted molar refractivity (Wildman–Crippen MR) is 103 cm³/mol. The summed E-state index contributed by atoms with van der Waals surface area (Å²) in [6.45, 7) is 20.4. The van der Waals surface area contributed by atoms with Crippen LogP contribution in [0.3, 0.4) is 0 Å². The summed E-state index contributed by atoms with van der Waals surface area (Å²) >= 11 is 0. The molecule has 1 nitrogen and oxygen atoms in total. The van der Waals surface area contributed by atoms with Gasteiger partial charge in [-0.2, -0.15) is 0 Å². The van der Waals surface area contributed by atoms with Crippen LogP contribution in [0.15, 0.2) is 18.2 Å². The first-order valence-corrected chi connectivity index (χ1v) is 8.58. The average molecular weight is 309 g/mol. The van der Waals surface area contributed by atoms with E-state index in [4.69, 9.17) is 0 Å². The maximum absolute atomic E-state index is 9.44. The van der Waals surface area contributed by atoms with Crippen molar-refractivity contribution in [3.63, 3.8) is 0 Å². The number of aryl methyl sites for hydroxylation is 3. The van der Waals surface area contributed by atoms with E-state index in [1.165, 1.54) is 49.8 Å². The van der Waals surface area contributed by atoms with E-state index in [1.54, 1.807) is 0 Å². The number of carbonyl (C=O) groups is 1. The second-order valence-electron chi connectivity index (χ2n) is 6.66. The normalized spacial score (nSPS) is 8.68. The molecule has 0 amide bonds. The van der Waals surface area contributed by atoms with E-state index in [-0.39, 0.29) is 5.78 Å². The summed E-state index contributed by atoms with van der Waals surface area (Å²) < 4.78 is 0. The molecule has 1 rings (SSSR count). The minimum atomic E-state index is 0.167. The quantitative estimate of drug-likeness (QED) is 0.571. The van der Waals surface area contributed by atoms with Crippen LogP contribution in [0.5, 0.6) is 0 Å². The van der Waals surface area contributed by atoms with E-state index in [2.05, 4.69) is 73.6 Å². The number of unbranched alkanes of at least 4 members (excludes halogenated alkanes) is 2. The summed E-state index contributed by atoms with van der Waals surface area (Å²) in [5, 5.41) is 0. The Morgan fingerprint density at radius 3 is 1.09 bits per heavy atom. The lowest BCUT2D eigenvalue weighted by molar-refractivity contribution is -0.114. The van der Waals surface area contributed by atoms with Crippen molar-refractivity contribution in [3.05, 3.63) is 34.9 Å². The van der Waals surface area contributed by atoms with Crippen molar-refractivity contribution in [2.75, 3.05) is 0 Å². The summed E-state index contributed by atoms with van der Waals surface area (Å²) in [6, 6.07) is 6.56. The molecular weight excluding hydrogens is 268 g/mol. The fraction of sp³-hybridized carbons (Fsp3) is 0.667. The van der Waals surface area contributed by atoms with Crippen LogP contribution in [0.2, 0.25) is 0 Å². The van der Waals surface area contributed by atoms with Crippen molar-refractivity contribution < 1.29 is 4.79 Å². The van der Waals surface area contributed by atoms with Crippen LogP contribution in [0.1, 0.15) is 84.4 Å². The number of Topliss-reactive ketones (excluding diaryl/α,β-unsaturated/α-hetero) is 1. The van der Waals surface area contributed by atoms with Crippen LogP contribution in [-0.4, -0.2) is 5.78 Å². The van der Waals surface area contributed by atoms with Gasteiger partial charge in [-0.3, -0.25) is 0 Å². The lowest BCUT2D eigenvalue weighted by atomic mass is 10.1. The molecule has 0 atom stereocenters. The van der Waals surface area contributed by atoms with Crippen LogP contribution in [0.4, 0.5) is 0 Å². The molecule has 1 heteroatoms. The van der Waals surface area contributed by atoms with Crippen molar-refractivity contribution >= 4 is 5.78 Å². The lowest BCUT2D eigenvalue weighted by Crippen LogP contribution is -1.78. The van der Waals surface area contributed by atoms with Gasteiger partial charge in [0.1, 0.15) is 5.78 Å². The van der Waals surface area contributed by atoms with E-state index in [0.717, 1.165) is 5.92 Å². The van der Waals surface area contributed by atoms with Gasteiger partial charge in [-0.1, -0.05) is 88.8 Å². The van der Waals surface area contributed by atoms with Crippen LogP contribution >= 0.6 is 0 Å². The Morgan fingerprint density at radius 1 is 0.818 bits per heavy atom. The Kier molecular flexibility index (Phi) is 21.1. The van der Waals surface area contributed by atoms with Gasteiger partial charge in [0.15, 0.2) is 0 Å². The Labute approximate surface area is 140 Å². The number of ketones is 1. The highest BCUT2D eigenvalue weighted by Gasteiger charge is 1.87. The third-order valence-electron chi connectivity index (χ3n) is 2.07. The largest absolute Gasteiger partial charge is 0.300 e. The molecule has 130 valence electrons. The molecule has 0 bridgehead atoms. The molecule has 0 radical (unpaired) electrons. The predicted octanol–water partition coefficient (Wildman–Crippen LogP) is 7.07. The number of carbonyl (C=O) groups excluding carboxylic acids is 1. The Hall–Kier alpha value is -1.11. The zero-order valence-corrected chi connectivity index (χ0v) is 16.8. The molecular formula is C21H40O. The molecule has 0 fully saturated rings. The van der Waals surface area contributed by atoms with E-state index < -0.39 is 0 Å². The summed E-state index contributed by atoms with van der Waals surface area (Å²) in [4.78, 5) is 9.44. The number of hydrogen-bond acceptors (Lipinski definition) is 1. The maximum Gasteiger partial charge on any atom is 0.126 e. The third-order valence-corrected chi connectivity index (χ3v) is 2.07. The average Bonchev–Trinajstić information content (AvgIpc) is 2.26. The van der Waals surface area contributed by atoms with E-state index in [9.17, 15) is 4.79 Å². The number of benzene rings is 1. The summed E-state index contributed by atoms with van der Waals surface area (Å²) in [6.07, 6.45) is 4.08. The lowest BCUT2D eigenvalue weighted by Gasteiger charge is -1.96. The van der Waals surface area contributed by atoms with Crippen LogP contribution < -0.4 is 0 Å². The van der Waals surface area contributed by atoms with Gasteiger partial charge in [0.25, 0.3) is 0 Å². The Balaban J connectivity index is -0.000000240. The smallest absolute Gasteiger partial charge is 0.126 e. The van der Waals surface area contributed by atoms with Gasteiger partial charge < -0.3 is 4.79 Å². The van der Waals surface area contributed by atoms with E-state index in [0.29, 0.717) is 0 Å². The highest BCUT2D eigenvalue weighted by Crippen LogP contribution is 2.06. The van der Waals surface area contributed by atoms with Crippen molar-refractivity contribution in [1.82, 2.24) is 0 Å². The molecule has 0 spiro atoms. The minimum absolute atomic E-state index is 0.167. The summed E-state index contributed by atoms with van der Waals surface area (Å²) in [7, 11) is 0. The van der Waals surface area contributed by atoms with Crippen LogP contribution in [0, 0.1) is 26.7 Å². The molecule has 0 aliphatic heterocycles. The monoisotopic (exact) mass is 308 g/mol. The fourth-order valence-electron chi connectivity index (χ4n) is 1.56. The molecule has 22 heavy (non-hydrogen) atoms. The zero-order chi connectivity index (χ0) is 18.1. The topological polar surface area (TPSA) is 17.1 Å².